The van der Waals surface area contributed by atoms with Crippen molar-refractivity contribution in [1.29, 1.82) is 0 Å². The highest BCUT2D eigenvalue weighted by molar-refractivity contribution is 5.10. The predicted molar refractivity (Wildman–Crippen MR) is 70.2 cm³/mol. The molecule has 18 heavy (non-hydrogen) atoms. The number of nitrogens with zero attached hydrogens (tertiary/aromatic N) is 2. The van der Waals surface area contributed by atoms with Gasteiger partial charge in [-0.25, -0.2) is 0 Å². The zero-order valence-electron chi connectivity index (χ0n) is 11.4. The van der Waals surface area contributed by atoms with Crippen LogP contribution in [0.4, 0.5) is 0 Å². The second-order valence-corrected chi connectivity index (χ2v) is 5.19. The van der Waals surface area contributed by atoms with Crippen LogP contribution in [0.1, 0.15) is 57.2 Å². The number of aromatic nitrogens is 2. The zero-order chi connectivity index (χ0) is 13.0. The van der Waals surface area contributed by atoms with Crippen LogP contribution in [0.2, 0.25) is 0 Å². The van der Waals surface area contributed by atoms with E-state index in [4.69, 9.17) is 4.74 Å². The van der Waals surface area contributed by atoms with Crippen molar-refractivity contribution in [3.05, 3.63) is 18.0 Å². The third-order valence-electron chi connectivity index (χ3n) is 4.02. The third-order valence-corrected chi connectivity index (χ3v) is 4.02. The average molecular weight is 252 g/mol. The van der Waals surface area contributed by atoms with Gasteiger partial charge in [-0.3, -0.25) is 4.68 Å². The van der Waals surface area contributed by atoms with Gasteiger partial charge in [0.2, 0.25) is 0 Å². The van der Waals surface area contributed by atoms with Crippen LogP contribution >= 0.6 is 0 Å². The molecule has 1 atom stereocenters. The molecule has 2 rings (SSSR count). The predicted octanol–water partition coefficient (Wildman–Crippen LogP) is 2.58. The summed E-state index contributed by atoms with van der Waals surface area (Å²) in [5.41, 5.74) is 0.435. The van der Waals surface area contributed by atoms with E-state index >= 15 is 0 Å². The second kappa shape index (κ2) is 5.85. The largest absolute Gasteiger partial charge is 0.384 e. The number of hydrogen-bond donors (Lipinski definition) is 1. The number of rotatable bonds is 4. The van der Waals surface area contributed by atoms with Gasteiger partial charge in [0.1, 0.15) is 6.10 Å². The van der Waals surface area contributed by atoms with Gasteiger partial charge < -0.3 is 9.84 Å². The van der Waals surface area contributed by atoms with Gasteiger partial charge in [0, 0.05) is 19.9 Å². The lowest BCUT2D eigenvalue weighted by atomic mass is 9.86. The van der Waals surface area contributed by atoms with E-state index in [0.29, 0.717) is 6.61 Å². The molecule has 0 aromatic carbocycles. The molecular weight excluding hydrogens is 228 g/mol. The van der Waals surface area contributed by atoms with E-state index in [1.807, 2.05) is 20.0 Å². The Hall–Kier alpha value is -0.870. The van der Waals surface area contributed by atoms with Crippen molar-refractivity contribution in [1.82, 2.24) is 9.78 Å². The molecule has 4 nitrogen and oxygen atoms in total. The minimum Gasteiger partial charge on any atom is -0.384 e. The Morgan fingerprint density at radius 3 is 2.56 bits per heavy atom. The molecule has 1 aliphatic carbocycles. The maximum Gasteiger partial charge on any atom is 0.124 e. The number of aliphatic hydroxyl groups excluding tert-OH is 1. The highest BCUT2D eigenvalue weighted by Crippen LogP contribution is 2.40. The molecule has 0 saturated heterocycles. The van der Waals surface area contributed by atoms with Crippen molar-refractivity contribution in [2.45, 2.75) is 57.2 Å². The van der Waals surface area contributed by atoms with Crippen molar-refractivity contribution in [2.75, 3.05) is 6.61 Å². The van der Waals surface area contributed by atoms with E-state index in [2.05, 4.69) is 5.10 Å². The van der Waals surface area contributed by atoms with Crippen LogP contribution in [0.5, 0.6) is 0 Å². The van der Waals surface area contributed by atoms with Gasteiger partial charge in [0.25, 0.3) is 0 Å². The summed E-state index contributed by atoms with van der Waals surface area (Å²) < 4.78 is 7.75. The number of hydrogen-bond acceptors (Lipinski definition) is 3. The first-order chi connectivity index (χ1) is 8.69. The molecule has 0 spiro atoms. The molecule has 0 radical (unpaired) electrons. The lowest BCUT2D eigenvalue weighted by Crippen LogP contribution is -2.40. The summed E-state index contributed by atoms with van der Waals surface area (Å²) in [7, 11) is 1.87. The summed E-state index contributed by atoms with van der Waals surface area (Å²) >= 11 is 0. The van der Waals surface area contributed by atoms with Gasteiger partial charge >= 0.3 is 0 Å². The van der Waals surface area contributed by atoms with Crippen molar-refractivity contribution in [3.63, 3.8) is 0 Å². The molecule has 1 aliphatic rings. The van der Waals surface area contributed by atoms with Gasteiger partial charge in [-0.15, -0.1) is 0 Å². The van der Waals surface area contributed by atoms with Crippen molar-refractivity contribution >= 4 is 0 Å². The summed E-state index contributed by atoms with van der Waals surface area (Å²) in [4.78, 5) is 0. The molecule has 1 N–H and O–H groups in total. The van der Waals surface area contributed by atoms with E-state index in [1.165, 1.54) is 12.8 Å². The van der Waals surface area contributed by atoms with Crippen LogP contribution in [-0.2, 0) is 11.8 Å². The number of aryl methyl sites for hydroxylation is 1. The third kappa shape index (κ3) is 2.59. The highest BCUT2D eigenvalue weighted by Gasteiger charge is 2.40. The molecule has 0 amide bonds. The summed E-state index contributed by atoms with van der Waals surface area (Å²) in [6.45, 7) is 2.65. The molecule has 0 bridgehead atoms. The Balaban J connectivity index is 2.25. The minimum atomic E-state index is -0.581. The molecule has 1 fully saturated rings. The normalized spacial score (nSPS) is 21.5. The summed E-state index contributed by atoms with van der Waals surface area (Å²) in [6.07, 6.45) is 7.78. The average Bonchev–Trinajstić information content (AvgIpc) is 2.64. The maximum absolute atomic E-state index is 10.7. The smallest absolute Gasteiger partial charge is 0.124 e. The molecule has 1 aromatic rings. The fourth-order valence-electron chi connectivity index (χ4n) is 3.03. The topological polar surface area (TPSA) is 47.3 Å². The lowest BCUT2D eigenvalue weighted by Gasteiger charge is -2.37. The van der Waals surface area contributed by atoms with Gasteiger partial charge in [-0.2, -0.15) is 5.10 Å². The van der Waals surface area contributed by atoms with Gasteiger partial charge in [-0.1, -0.05) is 25.7 Å². The molecule has 1 unspecified atom stereocenters. The second-order valence-electron chi connectivity index (χ2n) is 5.19. The Kier molecular flexibility index (Phi) is 4.40. The quantitative estimate of drug-likeness (QED) is 0.838. The Labute approximate surface area is 109 Å². The van der Waals surface area contributed by atoms with Crippen LogP contribution in [0, 0.1) is 0 Å². The van der Waals surface area contributed by atoms with Crippen molar-refractivity contribution < 1.29 is 9.84 Å². The SMILES string of the molecule is CCOC1(C(O)c2ccnn2C)CCCCCC1. The monoisotopic (exact) mass is 252 g/mol. The van der Waals surface area contributed by atoms with Crippen LogP contribution in [0.15, 0.2) is 12.3 Å². The summed E-state index contributed by atoms with van der Waals surface area (Å²) in [6, 6.07) is 1.89. The molecule has 1 saturated carbocycles. The Morgan fingerprint density at radius 1 is 1.39 bits per heavy atom. The molecule has 1 aromatic heterocycles. The van der Waals surface area contributed by atoms with E-state index < -0.39 is 11.7 Å². The number of aliphatic hydroxyl groups is 1. The summed E-state index contributed by atoms with van der Waals surface area (Å²) in [5, 5.41) is 14.9. The van der Waals surface area contributed by atoms with E-state index in [0.717, 1.165) is 31.4 Å². The van der Waals surface area contributed by atoms with E-state index in [9.17, 15) is 5.11 Å². The fraction of sp³-hybridized carbons (Fsp3) is 0.786. The first-order valence-electron chi connectivity index (χ1n) is 6.99. The van der Waals surface area contributed by atoms with Crippen molar-refractivity contribution in [2.24, 2.45) is 7.05 Å². The van der Waals surface area contributed by atoms with Gasteiger partial charge in [-0.05, 0) is 25.8 Å². The molecule has 0 aliphatic heterocycles. The zero-order valence-corrected chi connectivity index (χ0v) is 11.4. The minimum absolute atomic E-state index is 0.418. The number of ether oxygens (including phenoxy) is 1. The molecule has 4 heteroatoms. The molecule has 102 valence electrons. The van der Waals surface area contributed by atoms with Crippen molar-refractivity contribution in [3.8, 4) is 0 Å². The molecular formula is C14H24N2O2. The summed E-state index contributed by atoms with van der Waals surface area (Å²) in [5.74, 6) is 0. The van der Waals surface area contributed by atoms with Gasteiger partial charge in [0.15, 0.2) is 0 Å². The van der Waals surface area contributed by atoms with Crippen LogP contribution in [0.3, 0.4) is 0 Å². The van der Waals surface area contributed by atoms with Gasteiger partial charge in [0.05, 0.1) is 11.3 Å². The fourth-order valence-corrected chi connectivity index (χ4v) is 3.03. The highest BCUT2D eigenvalue weighted by atomic mass is 16.5. The van der Waals surface area contributed by atoms with Crippen LogP contribution in [0.25, 0.3) is 0 Å². The maximum atomic E-state index is 10.7. The van der Waals surface area contributed by atoms with Crippen LogP contribution < -0.4 is 0 Å². The van der Waals surface area contributed by atoms with Crippen LogP contribution in [-0.4, -0.2) is 27.1 Å². The standard InChI is InChI=1S/C14H24N2O2/c1-3-18-14(9-6-4-5-7-10-14)13(17)12-8-11-15-16(12)2/h8,11,13,17H,3-7,9-10H2,1-2H3. The Morgan fingerprint density at radius 2 is 2.06 bits per heavy atom. The first kappa shape index (κ1) is 13.6. The van der Waals surface area contributed by atoms with E-state index in [-0.39, 0.29) is 0 Å². The molecule has 1 heterocycles. The first-order valence-corrected chi connectivity index (χ1v) is 6.99. The lowest BCUT2D eigenvalue weighted by molar-refractivity contribution is -0.133. The Bertz CT molecular complexity index is 368. The van der Waals surface area contributed by atoms with E-state index in [1.54, 1.807) is 10.9 Å².